The molecule has 8 nitrogen and oxygen atoms in total. The van der Waals surface area contributed by atoms with E-state index in [-0.39, 0.29) is 29.1 Å². The molecule has 3 heterocycles. The van der Waals surface area contributed by atoms with Crippen LogP contribution < -0.4 is 15.4 Å². The van der Waals surface area contributed by atoms with Gasteiger partial charge < -0.3 is 29.4 Å². The fourth-order valence-corrected chi connectivity index (χ4v) is 5.41. The number of nitrogens with zero attached hydrogens (tertiary/aromatic N) is 2. The third-order valence-corrected chi connectivity index (χ3v) is 8.86. The van der Waals surface area contributed by atoms with E-state index in [9.17, 15) is 9.18 Å². The lowest BCUT2D eigenvalue weighted by Crippen LogP contribution is -2.49. The third kappa shape index (κ3) is 7.20. The number of rotatable bonds is 11. The molecule has 5 rings (SSSR count). The molecule has 0 atom stereocenters. The van der Waals surface area contributed by atoms with E-state index >= 15 is 8.78 Å². The Labute approximate surface area is 249 Å². The van der Waals surface area contributed by atoms with E-state index in [0.29, 0.717) is 43.0 Å². The molecule has 2 aromatic heterocycles. The van der Waals surface area contributed by atoms with Crippen molar-refractivity contribution in [3.05, 3.63) is 72.3 Å². The van der Waals surface area contributed by atoms with Crippen LogP contribution in [-0.2, 0) is 16.2 Å². The highest BCUT2D eigenvalue weighted by molar-refractivity contribution is 6.76. The van der Waals surface area contributed by atoms with E-state index < -0.39 is 37.3 Å². The lowest BCUT2D eigenvalue weighted by atomic mass is 9.89. The molecule has 0 saturated carbocycles. The molecule has 0 spiro atoms. The summed E-state index contributed by atoms with van der Waals surface area (Å²) in [6.07, 6.45) is 3.15. The Morgan fingerprint density at radius 1 is 1.07 bits per heavy atom. The van der Waals surface area contributed by atoms with Crippen LogP contribution in [0.25, 0.3) is 22.2 Å². The summed E-state index contributed by atoms with van der Waals surface area (Å²) in [5.41, 5.74) is 0.877. The zero-order valence-electron chi connectivity index (χ0n) is 24.6. The van der Waals surface area contributed by atoms with Gasteiger partial charge in [-0.05, 0) is 18.2 Å². The first-order valence-corrected chi connectivity index (χ1v) is 17.7. The lowest BCUT2D eigenvalue weighted by molar-refractivity contribution is -0.0974. The van der Waals surface area contributed by atoms with Crippen molar-refractivity contribution in [3.8, 4) is 22.6 Å². The van der Waals surface area contributed by atoms with Crippen LogP contribution in [0.4, 0.5) is 23.7 Å². The summed E-state index contributed by atoms with van der Waals surface area (Å²) in [6.45, 7) is 10.9. The number of nitrogens with one attached hydrogen (secondary N) is 2. The monoisotopic (exact) mass is 612 g/mol. The molecular formula is C31H35F3N4O4Si. The predicted molar refractivity (Wildman–Crippen MR) is 162 cm³/mol. The number of aromatic nitrogens is 2. The quantitative estimate of drug-likeness (QED) is 0.136. The van der Waals surface area contributed by atoms with Crippen LogP contribution >= 0.6 is 0 Å². The summed E-state index contributed by atoms with van der Waals surface area (Å²) < 4.78 is 64.1. The fourth-order valence-electron chi connectivity index (χ4n) is 4.66. The van der Waals surface area contributed by atoms with Crippen LogP contribution in [0.3, 0.4) is 0 Å². The first-order valence-electron chi connectivity index (χ1n) is 14.0. The molecule has 0 radical (unpaired) electrons. The summed E-state index contributed by atoms with van der Waals surface area (Å²) in [5, 5.41) is 5.50. The number of pyridine rings is 1. The van der Waals surface area contributed by atoms with E-state index in [0.717, 1.165) is 18.2 Å². The Morgan fingerprint density at radius 3 is 2.44 bits per heavy atom. The molecule has 2 aromatic carbocycles. The minimum Gasteiger partial charge on any atom is -0.450 e. The minimum absolute atomic E-state index is 0.0799. The molecule has 12 heteroatoms. The van der Waals surface area contributed by atoms with Crippen molar-refractivity contribution in [1.29, 1.82) is 0 Å². The molecule has 0 unspecified atom stereocenters. The number of hydrogen-bond donors (Lipinski definition) is 2. The standard InChI is InChI=1S/C31H35F3N4O4Si/c1-31(17-41-18-31)16-36-30(39)37-20-13-24(33)28(25(34)14-20)42-26-9-10-35-29-27(26)22(21-7-5-6-8-23(21)32)15-38(29)19-40-11-12-43(2,3)4/h5-10,13-15H,11-12,16-19H2,1-4H3,(H2,36,37,39). The number of amides is 2. The second-order valence-electron chi connectivity index (χ2n) is 12.3. The maximum Gasteiger partial charge on any atom is 0.319 e. The molecule has 1 aliphatic heterocycles. The molecule has 228 valence electrons. The normalized spacial score (nSPS) is 14.4. The summed E-state index contributed by atoms with van der Waals surface area (Å²) in [6, 6.07) is 10.0. The van der Waals surface area contributed by atoms with Crippen molar-refractivity contribution in [2.24, 2.45) is 5.41 Å². The van der Waals surface area contributed by atoms with Gasteiger partial charge in [0, 0.05) is 68.0 Å². The van der Waals surface area contributed by atoms with E-state index in [1.165, 1.54) is 18.3 Å². The molecular weight excluding hydrogens is 577 g/mol. The number of carbonyl (C=O) groups excluding carboxylic acids is 1. The van der Waals surface area contributed by atoms with Crippen molar-refractivity contribution >= 4 is 30.8 Å². The van der Waals surface area contributed by atoms with E-state index in [1.807, 2.05) is 6.92 Å². The van der Waals surface area contributed by atoms with Gasteiger partial charge in [-0.15, -0.1) is 0 Å². The Balaban J connectivity index is 1.42. The highest BCUT2D eigenvalue weighted by Crippen LogP contribution is 2.40. The third-order valence-electron chi connectivity index (χ3n) is 7.15. The zero-order valence-corrected chi connectivity index (χ0v) is 25.6. The summed E-state index contributed by atoms with van der Waals surface area (Å²) in [4.78, 5) is 16.8. The molecule has 0 bridgehead atoms. The largest absolute Gasteiger partial charge is 0.450 e. The van der Waals surface area contributed by atoms with Crippen molar-refractivity contribution in [3.63, 3.8) is 0 Å². The van der Waals surface area contributed by atoms with Gasteiger partial charge in [-0.1, -0.05) is 44.8 Å². The highest BCUT2D eigenvalue weighted by Gasteiger charge is 2.33. The maximum atomic E-state index is 15.2. The van der Waals surface area contributed by atoms with Crippen LogP contribution in [0.1, 0.15) is 6.92 Å². The van der Waals surface area contributed by atoms with Crippen LogP contribution in [0.5, 0.6) is 11.5 Å². The number of hydrogen-bond acceptors (Lipinski definition) is 5. The molecule has 2 N–H and O–H groups in total. The molecule has 43 heavy (non-hydrogen) atoms. The van der Waals surface area contributed by atoms with Crippen LogP contribution in [0.2, 0.25) is 25.7 Å². The van der Waals surface area contributed by atoms with E-state index in [4.69, 9.17) is 14.2 Å². The van der Waals surface area contributed by atoms with Gasteiger partial charge in [-0.2, -0.15) is 0 Å². The second kappa shape index (κ2) is 12.4. The van der Waals surface area contributed by atoms with Gasteiger partial charge >= 0.3 is 6.03 Å². The minimum atomic E-state index is -1.31. The summed E-state index contributed by atoms with van der Waals surface area (Å²) >= 11 is 0. The van der Waals surface area contributed by atoms with E-state index in [1.54, 1.807) is 29.0 Å². The Hall–Kier alpha value is -3.87. The number of benzene rings is 2. The SMILES string of the molecule is CC1(CNC(=O)Nc2cc(F)c(Oc3ccnc4c3c(-c3ccccc3F)cn4COCC[Si](C)(C)C)c(F)c2)COC1. The Bertz CT molecular complexity index is 1610. The van der Waals surface area contributed by atoms with Gasteiger partial charge in [0.15, 0.2) is 17.4 Å². The zero-order chi connectivity index (χ0) is 30.8. The number of ether oxygens (including phenoxy) is 3. The highest BCUT2D eigenvalue weighted by atomic mass is 28.3. The number of carbonyl (C=O) groups is 1. The van der Waals surface area contributed by atoms with Crippen LogP contribution in [0.15, 0.2) is 54.9 Å². The summed E-state index contributed by atoms with van der Waals surface area (Å²) in [7, 11) is -1.31. The van der Waals surface area contributed by atoms with Gasteiger partial charge in [0.25, 0.3) is 0 Å². The molecule has 4 aromatic rings. The maximum absolute atomic E-state index is 15.2. The van der Waals surface area contributed by atoms with Gasteiger partial charge in [-0.25, -0.2) is 22.9 Å². The van der Waals surface area contributed by atoms with Gasteiger partial charge in [0.2, 0.25) is 0 Å². The first kappa shape index (κ1) is 30.6. The predicted octanol–water partition coefficient (Wildman–Crippen LogP) is 7.38. The van der Waals surface area contributed by atoms with Crippen molar-refractivity contribution in [2.75, 3.05) is 31.7 Å². The Morgan fingerprint density at radius 2 is 1.79 bits per heavy atom. The fraction of sp³-hybridized carbons (Fsp3) is 0.355. The molecule has 1 fully saturated rings. The van der Waals surface area contributed by atoms with Crippen LogP contribution in [-0.4, -0.2) is 50.0 Å². The van der Waals surface area contributed by atoms with Crippen molar-refractivity contribution in [1.82, 2.24) is 14.9 Å². The Kier molecular flexibility index (Phi) is 8.81. The second-order valence-corrected chi connectivity index (χ2v) is 18.0. The average molecular weight is 613 g/mol. The first-order chi connectivity index (χ1) is 20.4. The molecule has 2 amide bonds. The van der Waals surface area contributed by atoms with Gasteiger partial charge in [0.1, 0.15) is 23.9 Å². The average Bonchev–Trinajstić information content (AvgIpc) is 3.30. The number of halogens is 3. The number of fused-ring (bicyclic) bond motifs is 1. The smallest absolute Gasteiger partial charge is 0.319 e. The summed E-state index contributed by atoms with van der Waals surface area (Å²) in [5.74, 6) is -3.12. The number of anilines is 1. The van der Waals surface area contributed by atoms with Crippen molar-refractivity contribution in [2.45, 2.75) is 39.3 Å². The topological polar surface area (TPSA) is 86.6 Å². The van der Waals surface area contributed by atoms with E-state index in [2.05, 4.69) is 35.3 Å². The molecule has 1 saturated heterocycles. The molecule has 1 aliphatic rings. The van der Waals surface area contributed by atoms with Gasteiger partial charge in [-0.3, -0.25) is 0 Å². The lowest BCUT2D eigenvalue weighted by Gasteiger charge is -2.37. The molecule has 0 aliphatic carbocycles. The van der Waals surface area contributed by atoms with Gasteiger partial charge in [0.05, 0.1) is 18.6 Å². The number of urea groups is 1. The van der Waals surface area contributed by atoms with Crippen molar-refractivity contribution < 1.29 is 32.2 Å². The van der Waals surface area contributed by atoms with Crippen LogP contribution in [0, 0.1) is 22.9 Å².